The van der Waals surface area contributed by atoms with Crippen molar-refractivity contribution in [3.8, 4) is 0 Å². The zero-order valence-electron chi connectivity index (χ0n) is 9.61. The Morgan fingerprint density at radius 2 is 1.89 bits per heavy atom. The van der Waals surface area contributed by atoms with Crippen LogP contribution in [0.1, 0.15) is 10.4 Å². The Hall–Kier alpha value is -2.09. The molecule has 0 aromatic heterocycles. The summed E-state index contributed by atoms with van der Waals surface area (Å²) in [6, 6.07) is 2.92. The van der Waals surface area contributed by atoms with Gasteiger partial charge in [-0.05, 0) is 18.2 Å². The molecule has 96 valence electrons. The first-order valence-electron chi connectivity index (χ1n) is 4.91. The molecule has 0 aliphatic carbocycles. The van der Waals surface area contributed by atoms with Crippen molar-refractivity contribution in [2.75, 3.05) is 19.0 Å². The molecule has 1 heterocycles. The normalized spacial score (nSPS) is 17.6. The number of hydrogen-bond acceptors (Lipinski definition) is 4. The van der Waals surface area contributed by atoms with E-state index in [1.54, 1.807) is 0 Å². The molecule has 0 bridgehead atoms. The number of sulfonamides is 1. The van der Waals surface area contributed by atoms with Gasteiger partial charge in [0.2, 0.25) is 0 Å². The topological polar surface area (TPSA) is 95.0 Å². The lowest BCUT2D eigenvalue weighted by Crippen LogP contribution is -2.46. The first-order chi connectivity index (χ1) is 8.26. The van der Waals surface area contributed by atoms with Crippen LogP contribution >= 0.6 is 0 Å². The standard InChI is InChI=1S/C10H10N2O5S/c1-11-7-4-3-6(9(13)14)5-8(7)18(16,17)12(2)10(11)15/h3-5H,1-2H3,(H,13,14). The fourth-order valence-corrected chi connectivity index (χ4v) is 3.06. The van der Waals surface area contributed by atoms with Gasteiger partial charge >= 0.3 is 12.0 Å². The lowest BCUT2D eigenvalue weighted by molar-refractivity contribution is 0.0696. The molecule has 8 heteroatoms. The summed E-state index contributed by atoms with van der Waals surface area (Å²) in [5.41, 5.74) is 0.0246. The second-order valence-corrected chi connectivity index (χ2v) is 5.74. The van der Waals surface area contributed by atoms with Gasteiger partial charge in [-0.2, -0.15) is 0 Å². The number of hydrogen-bond donors (Lipinski definition) is 1. The number of carbonyl (C=O) groups excluding carboxylic acids is 1. The average molecular weight is 270 g/mol. The Labute approximate surface area is 103 Å². The molecule has 0 atom stereocenters. The number of carboxylic acids is 1. The minimum absolute atomic E-state index is 0.145. The van der Waals surface area contributed by atoms with E-state index in [9.17, 15) is 18.0 Å². The molecule has 0 saturated heterocycles. The summed E-state index contributed by atoms with van der Waals surface area (Å²) in [5, 5.41) is 8.85. The molecule has 0 saturated carbocycles. The van der Waals surface area contributed by atoms with Gasteiger partial charge in [0.05, 0.1) is 11.3 Å². The molecule has 0 unspecified atom stereocenters. The van der Waals surface area contributed by atoms with Crippen molar-refractivity contribution in [2.45, 2.75) is 4.90 Å². The number of anilines is 1. The second-order valence-electron chi connectivity index (χ2n) is 3.80. The van der Waals surface area contributed by atoms with Crippen LogP contribution in [0.25, 0.3) is 0 Å². The predicted molar refractivity (Wildman–Crippen MR) is 62.1 cm³/mol. The number of nitrogens with zero attached hydrogens (tertiary/aromatic N) is 2. The molecule has 0 radical (unpaired) electrons. The lowest BCUT2D eigenvalue weighted by Gasteiger charge is -2.31. The zero-order valence-corrected chi connectivity index (χ0v) is 10.4. The molecule has 1 aliphatic heterocycles. The number of carboxylic acid groups (broad SMARTS) is 1. The maximum absolute atomic E-state index is 12.0. The summed E-state index contributed by atoms with van der Waals surface area (Å²) in [6.45, 7) is 0. The van der Waals surface area contributed by atoms with Crippen molar-refractivity contribution in [3.05, 3.63) is 23.8 Å². The highest BCUT2D eigenvalue weighted by molar-refractivity contribution is 7.90. The SMILES string of the molecule is CN1C(=O)N(C)S(=O)(=O)c2cc(C(=O)O)ccc21. The zero-order chi connectivity index (χ0) is 13.7. The Morgan fingerprint density at radius 3 is 2.44 bits per heavy atom. The number of fused-ring (bicyclic) bond motifs is 1. The van der Waals surface area contributed by atoms with E-state index >= 15 is 0 Å². The van der Waals surface area contributed by atoms with Crippen LogP contribution in [-0.2, 0) is 10.0 Å². The molecular formula is C10H10N2O5S. The van der Waals surface area contributed by atoms with Crippen LogP contribution in [-0.4, -0.2) is 43.9 Å². The van der Waals surface area contributed by atoms with Gasteiger partial charge in [0.1, 0.15) is 4.90 Å². The van der Waals surface area contributed by atoms with E-state index in [2.05, 4.69) is 0 Å². The van der Waals surface area contributed by atoms with E-state index in [0.717, 1.165) is 18.0 Å². The van der Waals surface area contributed by atoms with Crippen molar-refractivity contribution in [2.24, 2.45) is 0 Å². The third kappa shape index (κ3) is 1.53. The molecule has 2 amide bonds. The Morgan fingerprint density at radius 1 is 1.28 bits per heavy atom. The minimum Gasteiger partial charge on any atom is -0.478 e. The van der Waals surface area contributed by atoms with Crippen molar-refractivity contribution in [1.29, 1.82) is 0 Å². The summed E-state index contributed by atoms with van der Waals surface area (Å²) in [4.78, 5) is 23.5. The Kier molecular flexibility index (Phi) is 2.54. The molecule has 18 heavy (non-hydrogen) atoms. The summed E-state index contributed by atoms with van der Waals surface area (Å²) in [7, 11) is -1.43. The fourth-order valence-electron chi connectivity index (χ4n) is 1.70. The Balaban J connectivity index is 2.76. The van der Waals surface area contributed by atoms with Gasteiger partial charge in [0.25, 0.3) is 10.0 Å². The van der Waals surface area contributed by atoms with E-state index in [1.807, 2.05) is 0 Å². The first-order valence-corrected chi connectivity index (χ1v) is 6.35. The molecule has 1 aromatic rings. The van der Waals surface area contributed by atoms with Gasteiger partial charge in [-0.25, -0.2) is 22.3 Å². The highest BCUT2D eigenvalue weighted by Gasteiger charge is 2.37. The van der Waals surface area contributed by atoms with E-state index in [4.69, 9.17) is 5.11 Å². The maximum atomic E-state index is 12.0. The van der Waals surface area contributed by atoms with E-state index in [-0.39, 0.29) is 16.1 Å². The molecule has 1 aliphatic rings. The lowest BCUT2D eigenvalue weighted by atomic mass is 10.2. The summed E-state index contributed by atoms with van der Waals surface area (Å²) in [5.74, 6) is -1.23. The quantitative estimate of drug-likeness (QED) is 0.805. The minimum atomic E-state index is -3.98. The molecule has 2 rings (SSSR count). The van der Waals surface area contributed by atoms with Gasteiger partial charge in [-0.1, -0.05) is 0 Å². The summed E-state index contributed by atoms with van der Waals surface area (Å²) < 4.78 is 24.6. The predicted octanol–water partition coefficient (Wildman–Crippen LogP) is 0.575. The molecular weight excluding hydrogens is 260 g/mol. The molecule has 7 nitrogen and oxygen atoms in total. The first kappa shape index (κ1) is 12.4. The Bertz CT molecular complexity index is 652. The van der Waals surface area contributed by atoms with Gasteiger partial charge in [-0.15, -0.1) is 0 Å². The monoisotopic (exact) mass is 270 g/mol. The molecule has 1 N–H and O–H groups in total. The van der Waals surface area contributed by atoms with E-state index in [1.165, 1.54) is 19.2 Å². The highest BCUT2D eigenvalue weighted by atomic mass is 32.2. The molecule has 0 fully saturated rings. The van der Waals surface area contributed by atoms with Crippen LogP contribution < -0.4 is 4.90 Å². The number of aromatic carboxylic acids is 1. The van der Waals surface area contributed by atoms with E-state index < -0.39 is 22.0 Å². The van der Waals surface area contributed by atoms with Crippen LogP contribution in [0.2, 0.25) is 0 Å². The van der Waals surface area contributed by atoms with Crippen molar-refractivity contribution < 1.29 is 23.1 Å². The number of carbonyl (C=O) groups is 2. The van der Waals surface area contributed by atoms with E-state index in [0.29, 0.717) is 4.31 Å². The van der Waals surface area contributed by atoms with Crippen LogP contribution in [0, 0.1) is 0 Å². The van der Waals surface area contributed by atoms with Crippen LogP contribution in [0.3, 0.4) is 0 Å². The maximum Gasteiger partial charge on any atom is 0.337 e. The third-order valence-electron chi connectivity index (χ3n) is 2.76. The summed E-state index contributed by atoms with van der Waals surface area (Å²) >= 11 is 0. The second kappa shape index (κ2) is 3.70. The summed E-state index contributed by atoms with van der Waals surface area (Å²) in [6.07, 6.45) is 0. The fraction of sp³-hybridized carbons (Fsp3) is 0.200. The van der Waals surface area contributed by atoms with Gasteiger partial charge in [-0.3, -0.25) is 4.90 Å². The van der Waals surface area contributed by atoms with Crippen LogP contribution in [0.15, 0.2) is 23.1 Å². The van der Waals surface area contributed by atoms with Crippen LogP contribution in [0.4, 0.5) is 10.5 Å². The highest BCUT2D eigenvalue weighted by Crippen LogP contribution is 2.33. The van der Waals surface area contributed by atoms with Gasteiger partial charge in [0.15, 0.2) is 0 Å². The number of benzene rings is 1. The van der Waals surface area contributed by atoms with Crippen molar-refractivity contribution in [1.82, 2.24) is 4.31 Å². The van der Waals surface area contributed by atoms with Gasteiger partial charge < -0.3 is 5.11 Å². The number of amides is 2. The number of urea groups is 1. The van der Waals surface area contributed by atoms with Crippen molar-refractivity contribution in [3.63, 3.8) is 0 Å². The van der Waals surface area contributed by atoms with Crippen molar-refractivity contribution >= 4 is 27.7 Å². The average Bonchev–Trinajstić information content (AvgIpc) is 2.33. The van der Waals surface area contributed by atoms with Gasteiger partial charge in [0, 0.05) is 14.1 Å². The van der Waals surface area contributed by atoms with Crippen LogP contribution in [0.5, 0.6) is 0 Å². The smallest absolute Gasteiger partial charge is 0.337 e. The largest absolute Gasteiger partial charge is 0.478 e. The molecule has 0 spiro atoms. The molecule has 1 aromatic carbocycles. The number of rotatable bonds is 1. The third-order valence-corrected chi connectivity index (χ3v) is 4.52.